The first kappa shape index (κ1) is 68.9. The van der Waals surface area contributed by atoms with E-state index in [9.17, 15) is 0 Å². The van der Waals surface area contributed by atoms with Crippen LogP contribution >= 0.6 is 68.0 Å². The van der Waals surface area contributed by atoms with Crippen LogP contribution in [0.3, 0.4) is 0 Å². The van der Waals surface area contributed by atoms with Crippen molar-refractivity contribution in [3.63, 3.8) is 0 Å². The third-order valence-corrected chi connectivity index (χ3v) is 29.7. The fraction of sp³-hybridized carbons (Fsp3) is 0.250. The van der Waals surface area contributed by atoms with E-state index in [1.165, 1.54) is 260 Å². The first-order valence-electron chi connectivity index (χ1n) is 39.1. The zero-order valence-electron chi connectivity index (χ0n) is 60.5. The maximum absolute atomic E-state index is 2.59. The Balaban J connectivity index is 0.582. The van der Waals surface area contributed by atoms with Gasteiger partial charge >= 0.3 is 0 Å². The van der Waals surface area contributed by atoms with Crippen molar-refractivity contribution in [3.8, 4) is 50.1 Å². The Bertz CT molecular complexity index is 5110. The maximum atomic E-state index is 2.59. The van der Waals surface area contributed by atoms with Crippen molar-refractivity contribution in [1.29, 1.82) is 0 Å². The van der Waals surface area contributed by atoms with E-state index in [-0.39, 0.29) is 0 Å². The molecule has 10 heteroatoms. The van der Waals surface area contributed by atoms with Crippen LogP contribution in [0, 0.1) is 0 Å². The fourth-order valence-electron chi connectivity index (χ4n) is 17.0. The predicted molar refractivity (Wildman–Crippen MR) is 467 cm³/mol. The molecule has 0 N–H and O–H groups in total. The lowest BCUT2D eigenvalue weighted by molar-refractivity contribution is 0.590. The van der Waals surface area contributed by atoms with Crippen LogP contribution in [0.1, 0.15) is 122 Å². The summed E-state index contributed by atoms with van der Waals surface area (Å²) >= 11 is 12.2. The van der Waals surface area contributed by atoms with E-state index in [1.54, 1.807) is 0 Å². The zero-order valence-corrected chi connectivity index (χ0v) is 65.4. The monoisotopic (exact) mass is 1490 g/mol. The number of rotatable bonds is 33. The third kappa shape index (κ3) is 14.3. The van der Waals surface area contributed by atoms with Crippen LogP contribution in [0.15, 0.2) is 255 Å². The minimum absolute atomic E-state index is 1.06. The Morgan fingerprint density at radius 3 is 0.632 bits per heavy atom. The van der Waals surface area contributed by atoms with Gasteiger partial charge in [0.15, 0.2) is 0 Å². The van der Waals surface area contributed by atoms with E-state index in [1.807, 2.05) is 68.0 Å². The summed E-state index contributed by atoms with van der Waals surface area (Å²) in [7, 11) is 0. The van der Waals surface area contributed by atoms with Crippen molar-refractivity contribution >= 4 is 155 Å². The van der Waals surface area contributed by atoms with Crippen LogP contribution in [0.5, 0.6) is 0 Å². The molecule has 530 valence electrons. The molecule has 8 aromatic carbocycles. The highest BCUT2D eigenvalue weighted by Gasteiger charge is 2.24. The lowest BCUT2D eigenvalue weighted by Crippen LogP contribution is -1.97. The minimum Gasteiger partial charge on any atom is -0.340 e. The van der Waals surface area contributed by atoms with E-state index in [0.717, 1.165) is 51.9 Å². The van der Waals surface area contributed by atoms with Crippen LogP contribution in [-0.2, 0) is 51.9 Å². The Kier molecular flexibility index (Phi) is 20.8. The van der Waals surface area contributed by atoms with Crippen LogP contribution in [-0.4, -0.2) is 18.3 Å². The number of nitrogens with zero attached hydrogens (tertiary/aromatic N) is 4. The average Bonchev–Trinajstić information content (AvgIpc) is 1.68. The molecule has 0 saturated heterocycles. The summed E-state index contributed by atoms with van der Waals surface area (Å²) in [6, 6.07) is 96.4. The molecule has 0 atom stereocenters. The van der Waals surface area contributed by atoms with Gasteiger partial charge < -0.3 is 18.3 Å². The number of para-hydroxylation sites is 8. The number of aromatic nitrogens is 4. The number of fused-ring (bicyclic) bond motifs is 12. The minimum atomic E-state index is 1.06. The first-order chi connectivity index (χ1) is 52.6. The molecule has 18 aromatic rings. The number of benzene rings is 8. The normalized spacial score (nSPS) is 12.1. The third-order valence-electron chi connectivity index (χ3n) is 22.3. The summed E-state index contributed by atoms with van der Waals surface area (Å²) in [5.74, 6) is 0. The Morgan fingerprint density at radius 2 is 0.387 bits per heavy atom. The van der Waals surface area contributed by atoms with Gasteiger partial charge in [0, 0.05) is 173 Å². The van der Waals surface area contributed by atoms with Crippen LogP contribution < -0.4 is 0 Å². The molecule has 0 aliphatic rings. The maximum Gasteiger partial charge on any atom is 0.0536 e. The topological polar surface area (TPSA) is 19.7 Å². The highest BCUT2D eigenvalue weighted by atomic mass is 32.1. The smallest absolute Gasteiger partial charge is 0.0536 e. The molecule has 0 amide bonds. The van der Waals surface area contributed by atoms with Gasteiger partial charge in [-0.1, -0.05) is 197 Å². The molecule has 0 spiro atoms. The van der Waals surface area contributed by atoms with Gasteiger partial charge in [-0.2, -0.15) is 0 Å². The van der Waals surface area contributed by atoms with Gasteiger partial charge in [-0.05, 0) is 186 Å². The van der Waals surface area contributed by atoms with Crippen LogP contribution in [0.4, 0.5) is 0 Å². The lowest BCUT2D eigenvalue weighted by atomic mass is 10.1. The fourth-order valence-corrected chi connectivity index (χ4v) is 24.0. The van der Waals surface area contributed by atoms with Gasteiger partial charge in [0.25, 0.3) is 0 Å². The Morgan fingerprint density at radius 1 is 0.179 bits per heavy atom. The number of hydrogen-bond donors (Lipinski definition) is 0. The van der Waals surface area contributed by atoms with Crippen molar-refractivity contribution in [2.75, 3.05) is 0 Å². The van der Waals surface area contributed by atoms with Gasteiger partial charge in [-0.25, -0.2) is 0 Å². The summed E-state index contributed by atoms with van der Waals surface area (Å²) in [5.41, 5.74) is 13.7. The summed E-state index contributed by atoms with van der Waals surface area (Å²) in [4.78, 5) is 17.3. The number of hydrogen-bond acceptors (Lipinski definition) is 6. The van der Waals surface area contributed by atoms with Gasteiger partial charge in [-0.15, -0.1) is 68.0 Å². The van der Waals surface area contributed by atoms with E-state index in [0.29, 0.717) is 0 Å². The summed E-state index contributed by atoms with van der Waals surface area (Å²) in [6.07, 6.45) is 24.1. The second-order valence-corrected chi connectivity index (χ2v) is 35.9. The van der Waals surface area contributed by atoms with E-state index in [2.05, 4.69) is 273 Å². The van der Waals surface area contributed by atoms with E-state index < -0.39 is 0 Å². The van der Waals surface area contributed by atoms with Crippen molar-refractivity contribution in [1.82, 2.24) is 18.3 Å². The van der Waals surface area contributed by atoms with Crippen molar-refractivity contribution < 1.29 is 0 Å². The molecular formula is C96H90N4S6. The second-order valence-electron chi connectivity index (χ2n) is 29.2. The Hall–Kier alpha value is -8.84. The predicted octanol–water partition coefficient (Wildman–Crippen LogP) is 30.0. The average molecular weight is 1490 g/mol. The molecule has 0 aliphatic carbocycles. The van der Waals surface area contributed by atoms with Crippen molar-refractivity contribution in [2.24, 2.45) is 0 Å². The molecule has 10 aromatic heterocycles. The molecule has 0 bridgehead atoms. The summed E-state index contributed by atoms with van der Waals surface area (Å²) in [6.45, 7) is 4.24. The molecule has 4 nitrogen and oxygen atoms in total. The number of thiophene rings is 6. The molecule has 10 heterocycles. The van der Waals surface area contributed by atoms with Gasteiger partial charge in [0.2, 0.25) is 0 Å². The van der Waals surface area contributed by atoms with Gasteiger partial charge in [0.1, 0.15) is 0 Å². The molecular weight excluding hydrogens is 1400 g/mol. The molecule has 0 radical (unpaired) electrons. The lowest BCUT2D eigenvalue weighted by Gasteiger charge is -2.07. The van der Waals surface area contributed by atoms with Crippen LogP contribution in [0.25, 0.3) is 137 Å². The van der Waals surface area contributed by atoms with Crippen molar-refractivity contribution in [3.05, 3.63) is 274 Å². The van der Waals surface area contributed by atoms with Crippen LogP contribution in [0.2, 0.25) is 0 Å². The quantitative estimate of drug-likeness (QED) is 0.0365. The second kappa shape index (κ2) is 31.9. The largest absolute Gasteiger partial charge is 0.340 e. The van der Waals surface area contributed by atoms with Crippen molar-refractivity contribution in [2.45, 2.75) is 155 Å². The molecule has 0 aliphatic heterocycles. The number of aryl methyl sites for hydroxylation is 8. The zero-order chi connectivity index (χ0) is 70.5. The molecule has 18 rings (SSSR count). The standard InChI is InChI=1S/C96H90N4S6/c1(5-29-61-97-81-45-21-13-37-71(81)72-38-14-22-46-82(72)97)9-33-67-53-57-89(101-67)79-65-93(105-95(79)91-59-55-69(103-91)35-11-3-7-31-63-99-85-49-25-17-41-75(85)76-42-18-26-50-86(76)99)94-66-80(90-58-54-68(102-90)34-10-2-6-30-62-98-83-47-23-15-39-73(83)74-40-16-24-48-84(74)98)96(106-94)92-60-56-70(104-92)36-12-4-8-32-64-100-87-51-27-19-43-77(87)78-44-20-28-52-88(78)100/h13-28,37-60,65-66H,1-12,29-36,61-64H2. The van der Waals surface area contributed by atoms with E-state index >= 15 is 0 Å². The summed E-state index contributed by atoms with van der Waals surface area (Å²) < 4.78 is 10.2. The molecule has 106 heavy (non-hydrogen) atoms. The Labute approximate surface area is 647 Å². The summed E-state index contributed by atoms with van der Waals surface area (Å²) in [5, 5.41) is 10.9. The molecule has 0 saturated carbocycles. The number of unbranched alkanes of at least 4 members (excludes halogenated alkanes) is 12. The highest BCUT2D eigenvalue weighted by molar-refractivity contribution is 7.29. The molecule has 0 unspecified atom stereocenters. The van der Waals surface area contributed by atoms with E-state index in [4.69, 9.17) is 0 Å². The highest BCUT2D eigenvalue weighted by Crippen LogP contribution is 2.53. The first-order valence-corrected chi connectivity index (χ1v) is 44.0. The SMILES string of the molecule is c1ccc2c(c1)c1ccccc1n2CCCCCCc1ccc(-c2cc(-c3cc(-c4ccc(CCCCCCn5c6ccccc6c6ccccc65)s4)c(-c4ccc(CCCCCCn5c6ccccc6c6ccccc65)s4)s3)sc2-c2ccc(CCCCCCn3c4ccccc4c4ccccc43)s2)s1. The van der Waals surface area contributed by atoms with Gasteiger partial charge in [-0.3, -0.25) is 0 Å². The molecule has 0 fully saturated rings. The van der Waals surface area contributed by atoms with Gasteiger partial charge in [0.05, 0.1) is 9.75 Å².